The van der Waals surface area contributed by atoms with Gasteiger partial charge in [-0.25, -0.2) is 0 Å². The summed E-state index contributed by atoms with van der Waals surface area (Å²) in [5.74, 6) is 0. The quantitative estimate of drug-likeness (QED) is 0.790. The third-order valence-electron chi connectivity index (χ3n) is 2.55. The van der Waals surface area contributed by atoms with Crippen LogP contribution in [0.5, 0.6) is 0 Å². The first-order valence-corrected chi connectivity index (χ1v) is 5.53. The highest BCUT2D eigenvalue weighted by molar-refractivity contribution is 4.71. The second kappa shape index (κ2) is 6.42. The van der Waals surface area contributed by atoms with Crippen LogP contribution in [0.2, 0.25) is 0 Å². The number of hydrogen-bond acceptors (Lipinski definition) is 3. The summed E-state index contributed by atoms with van der Waals surface area (Å²) in [5.41, 5.74) is 0. The molecule has 1 heterocycles. The second-order valence-corrected chi connectivity index (χ2v) is 4.06. The highest BCUT2D eigenvalue weighted by atomic mass is 19.4. The summed E-state index contributed by atoms with van der Waals surface area (Å²) in [7, 11) is 0. The molecule has 0 radical (unpaired) electrons. The molecule has 0 aromatic heterocycles. The number of ether oxygens (including phenoxy) is 1. The summed E-state index contributed by atoms with van der Waals surface area (Å²) in [6, 6.07) is 0. The van der Waals surface area contributed by atoms with E-state index in [-0.39, 0.29) is 25.8 Å². The van der Waals surface area contributed by atoms with Crippen LogP contribution in [0.25, 0.3) is 0 Å². The van der Waals surface area contributed by atoms with Crippen LogP contribution < -0.4 is 0 Å². The van der Waals surface area contributed by atoms with Gasteiger partial charge in [0.1, 0.15) is 0 Å². The van der Waals surface area contributed by atoms with Gasteiger partial charge in [0.05, 0.1) is 19.3 Å². The van der Waals surface area contributed by atoms with E-state index in [2.05, 4.69) is 0 Å². The first-order chi connectivity index (χ1) is 7.51. The molecule has 96 valence electrons. The van der Waals surface area contributed by atoms with Crippen molar-refractivity contribution in [3.8, 4) is 0 Å². The molecule has 1 aliphatic rings. The summed E-state index contributed by atoms with van der Waals surface area (Å²) in [6.07, 6.45) is -1.55. The fourth-order valence-electron chi connectivity index (χ4n) is 1.87. The van der Waals surface area contributed by atoms with Crippen LogP contribution in [0.3, 0.4) is 0 Å². The van der Waals surface area contributed by atoms with E-state index >= 15 is 0 Å². The Labute approximate surface area is 93.2 Å². The van der Waals surface area contributed by atoms with Crippen molar-refractivity contribution in [2.45, 2.75) is 31.5 Å². The molecule has 3 nitrogen and oxygen atoms in total. The molecule has 1 saturated heterocycles. The van der Waals surface area contributed by atoms with Gasteiger partial charge in [0, 0.05) is 19.7 Å². The summed E-state index contributed by atoms with van der Waals surface area (Å²) in [5, 5.41) is 8.71. The standard InChI is InChI=1S/C10H18F3NO2/c11-10(12,13)8-14(4-5-15)7-9-3-1-2-6-16-9/h9,15H,1-8H2. The molecule has 16 heavy (non-hydrogen) atoms. The molecule has 0 aromatic carbocycles. The third-order valence-corrected chi connectivity index (χ3v) is 2.55. The molecule has 1 aliphatic heterocycles. The van der Waals surface area contributed by atoms with E-state index in [0.29, 0.717) is 6.61 Å². The number of aliphatic hydroxyl groups excluding tert-OH is 1. The minimum absolute atomic E-state index is 0.0410. The molecule has 1 N–H and O–H groups in total. The maximum atomic E-state index is 12.2. The molecule has 1 unspecified atom stereocenters. The van der Waals surface area contributed by atoms with Gasteiger partial charge in [-0.05, 0) is 19.3 Å². The van der Waals surface area contributed by atoms with Crippen molar-refractivity contribution in [3.63, 3.8) is 0 Å². The molecular weight excluding hydrogens is 223 g/mol. The fraction of sp³-hybridized carbons (Fsp3) is 1.00. The maximum absolute atomic E-state index is 12.2. The van der Waals surface area contributed by atoms with Gasteiger partial charge in [-0.3, -0.25) is 4.90 Å². The lowest BCUT2D eigenvalue weighted by Crippen LogP contribution is -2.42. The Hall–Kier alpha value is -0.330. The Kier molecular flexibility index (Phi) is 5.51. The lowest BCUT2D eigenvalue weighted by molar-refractivity contribution is -0.151. The monoisotopic (exact) mass is 241 g/mol. The minimum Gasteiger partial charge on any atom is -0.395 e. The molecule has 1 rings (SSSR count). The Morgan fingerprint density at radius 1 is 1.31 bits per heavy atom. The minimum atomic E-state index is -4.22. The highest BCUT2D eigenvalue weighted by Crippen LogP contribution is 2.19. The molecule has 0 spiro atoms. The van der Waals surface area contributed by atoms with Gasteiger partial charge in [0.25, 0.3) is 0 Å². The van der Waals surface area contributed by atoms with Crippen LogP contribution in [0.1, 0.15) is 19.3 Å². The van der Waals surface area contributed by atoms with Crippen molar-refractivity contribution >= 4 is 0 Å². The second-order valence-electron chi connectivity index (χ2n) is 4.06. The summed E-state index contributed by atoms with van der Waals surface area (Å²) in [6.45, 7) is -0.320. The van der Waals surface area contributed by atoms with E-state index in [4.69, 9.17) is 9.84 Å². The molecule has 0 aromatic rings. The Morgan fingerprint density at radius 3 is 2.56 bits per heavy atom. The molecule has 1 atom stereocenters. The number of aliphatic hydroxyl groups is 1. The lowest BCUT2D eigenvalue weighted by Gasteiger charge is -2.29. The fourth-order valence-corrected chi connectivity index (χ4v) is 1.87. The Bertz CT molecular complexity index is 193. The van der Waals surface area contributed by atoms with Crippen molar-refractivity contribution in [1.29, 1.82) is 0 Å². The zero-order chi connectivity index (χ0) is 12.0. The number of hydrogen-bond donors (Lipinski definition) is 1. The van der Waals surface area contributed by atoms with E-state index in [1.807, 2.05) is 0 Å². The molecule has 6 heteroatoms. The van der Waals surface area contributed by atoms with Gasteiger partial charge in [0.15, 0.2) is 0 Å². The molecule has 0 saturated carbocycles. The van der Waals surface area contributed by atoms with Crippen LogP contribution >= 0.6 is 0 Å². The van der Waals surface area contributed by atoms with Gasteiger partial charge >= 0.3 is 6.18 Å². The SMILES string of the molecule is OCCN(CC1CCCCO1)CC(F)(F)F. The Balaban J connectivity index is 2.36. The van der Waals surface area contributed by atoms with Crippen LogP contribution in [-0.4, -0.2) is 55.1 Å². The summed E-state index contributed by atoms with van der Waals surface area (Å²) < 4.78 is 42.0. The molecule has 1 fully saturated rings. The first kappa shape index (κ1) is 13.7. The van der Waals surface area contributed by atoms with Crippen LogP contribution in [-0.2, 0) is 4.74 Å². The van der Waals surface area contributed by atoms with E-state index in [0.717, 1.165) is 19.3 Å². The smallest absolute Gasteiger partial charge is 0.395 e. The lowest BCUT2D eigenvalue weighted by atomic mass is 10.1. The maximum Gasteiger partial charge on any atom is 0.401 e. The van der Waals surface area contributed by atoms with Gasteiger partial charge in [-0.2, -0.15) is 13.2 Å². The largest absolute Gasteiger partial charge is 0.401 e. The predicted molar refractivity (Wildman–Crippen MR) is 53.2 cm³/mol. The zero-order valence-electron chi connectivity index (χ0n) is 9.17. The van der Waals surface area contributed by atoms with E-state index in [1.165, 1.54) is 4.90 Å². The summed E-state index contributed by atoms with van der Waals surface area (Å²) >= 11 is 0. The van der Waals surface area contributed by atoms with E-state index in [1.54, 1.807) is 0 Å². The predicted octanol–water partition coefficient (Wildman–Crippen LogP) is 1.41. The topological polar surface area (TPSA) is 32.7 Å². The zero-order valence-corrected chi connectivity index (χ0v) is 9.17. The first-order valence-electron chi connectivity index (χ1n) is 5.53. The van der Waals surface area contributed by atoms with E-state index in [9.17, 15) is 13.2 Å². The van der Waals surface area contributed by atoms with Crippen molar-refractivity contribution in [2.75, 3.05) is 32.8 Å². The number of halogens is 3. The number of nitrogens with zero attached hydrogens (tertiary/aromatic N) is 1. The van der Waals surface area contributed by atoms with E-state index < -0.39 is 12.7 Å². The van der Waals surface area contributed by atoms with Crippen LogP contribution in [0, 0.1) is 0 Å². The van der Waals surface area contributed by atoms with Crippen LogP contribution in [0.4, 0.5) is 13.2 Å². The molecular formula is C10H18F3NO2. The van der Waals surface area contributed by atoms with Crippen molar-refractivity contribution in [3.05, 3.63) is 0 Å². The average molecular weight is 241 g/mol. The highest BCUT2D eigenvalue weighted by Gasteiger charge is 2.31. The van der Waals surface area contributed by atoms with Crippen molar-refractivity contribution in [1.82, 2.24) is 4.90 Å². The molecule has 0 aliphatic carbocycles. The van der Waals surface area contributed by atoms with Gasteiger partial charge < -0.3 is 9.84 Å². The molecule has 0 bridgehead atoms. The average Bonchev–Trinajstić information content (AvgIpc) is 2.17. The van der Waals surface area contributed by atoms with Gasteiger partial charge in [0.2, 0.25) is 0 Å². The number of alkyl halides is 3. The number of rotatable bonds is 5. The van der Waals surface area contributed by atoms with Gasteiger partial charge in [-0.15, -0.1) is 0 Å². The normalized spacial score (nSPS) is 22.7. The Morgan fingerprint density at radius 2 is 2.06 bits per heavy atom. The van der Waals surface area contributed by atoms with Crippen molar-refractivity contribution in [2.24, 2.45) is 0 Å². The summed E-state index contributed by atoms with van der Waals surface area (Å²) in [4.78, 5) is 1.20. The van der Waals surface area contributed by atoms with Gasteiger partial charge in [-0.1, -0.05) is 0 Å². The van der Waals surface area contributed by atoms with Crippen LogP contribution in [0.15, 0.2) is 0 Å². The molecule has 0 amide bonds. The van der Waals surface area contributed by atoms with Crippen molar-refractivity contribution < 1.29 is 23.0 Å². The third kappa shape index (κ3) is 5.67.